The second-order valence-electron chi connectivity index (χ2n) is 11.3. The van der Waals surface area contributed by atoms with E-state index in [0.717, 1.165) is 50.5 Å². The SMILES string of the molecule is C=Cc1c(C=C)n(-c2cccc(-n3c4ccccc4c4c5c6ccccc6n(-c6ccccc6)c5ccc43)n2)c2ccccc12. The van der Waals surface area contributed by atoms with Crippen molar-refractivity contribution < 1.29 is 0 Å². The van der Waals surface area contributed by atoms with Gasteiger partial charge in [-0.05, 0) is 60.7 Å². The topological polar surface area (TPSA) is 27.7 Å². The Labute approximate surface area is 260 Å². The van der Waals surface area contributed by atoms with Gasteiger partial charge in [-0.15, -0.1) is 0 Å². The van der Waals surface area contributed by atoms with Crippen molar-refractivity contribution in [3.8, 4) is 17.3 Å². The molecule has 0 unspecified atom stereocenters. The van der Waals surface area contributed by atoms with Crippen molar-refractivity contribution in [1.29, 1.82) is 0 Å². The number of rotatable bonds is 5. The summed E-state index contributed by atoms with van der Waals surface area (Å²) in [5.74, 6) is 1.69. The van der Waals surface area contributed by atoms with Crippen LogP contribution in [0.2, 0.25) is 0 Å². The van der Waals surface area contributed by atoms with E-state index in [-0.39, 0.29) is 0 Å². The van der Waals surface area contributed by atoms with Gasteiger partial charge in [0.25, 0.3) is 0 Å². The number of nitrogens with zero attached hydrogens (tertiary/aromatic N) is 4. The van der Waals surface area contributed by atoms with E-state index in [9.17, 15) is 0 Å². The Balaban J connectivity index is 1.37. The van der Waals surface area contributed by atoms with Gasteiger partial charge < -0.3 is 4.57 Å². The Kier molecular flexibility index (Phi) is 5.47. The standard InChI is InChI=1S/C41H28N4/c1-3-28-29-17-8-11-20-33(29)44(32(28)4-2)38-23-14-24-39(42-38)45-35-22-13-10-19-31(35)41-37(45)26-25-36-40(41)30-18-9-12-21-34(30)43(36)27-15-6-5-7-16-27/h3-26H,1-2H2. The Morgan fingerprint density at radius 2 is 0.933 bits per heavy atom. The smallest absolute Gasteiger partial charge is 0.140 e. The average Bonchev–Trinajstić information content (AvgIpc) is 3.73. The van der Waals surface area contributed by atoms with Crippen LogP contribution in [0.4, 0.5) is 0 Å². The average molecular weight is 577 g/mol. The lowest BCUT2D eigenvalue weighted by molar-refractivity contribution is 0.986. The van der Waals surface area contributed by atoms with Crippen LogP contribution in [0.1, 0.15) is 11.3 Å². The van der Waals surface area contributed by atoms with Gasteiger partial charge in [0.1, 0.15) is 11.6 Å². The maximum atomic E-state index is 5.33. The molecule has 0 fully saturated rings. The minimum Gasteiger partial charge on any atom is -0.309 e. The zero-order valence-electron chi connectivity index (χ0n) is 24.6. The number of para-hydroxylation sites is 4. The highest BCUT2D eigenvalue weighted by Crippen LogP contribution is 2.42. The fraction of sp³-hybridized carbons (Fsp3) is 0. The third-order valence-electron chi connectivity index (χ3n) is 9.01. The number of benzene rings is 5. The second kappa shape index (κ2) is 9.69. The number of fused-ring (bicyclic) bond motifs is 8. The van der Waals surface area contributed by atoms with Gasteiger partial charge in [-0.3, -0.25) is 9.13 Å². The zero-order chi connectivity index (χ0) is 30.1. The molecule has 0 aliphatic heterocycles. The first-order valence-corrected chi connectivity index (χ1v) is 15.2. The van der Waals surface area contributed by atoms with Gasteiger partial charge in [-0.1, -0.05) is 98.1 Å². The van der Waals surface area contributed by atoms with Crippen LogP contribution in [0.15, 0.2) is 147 Å². The maximum absolute atomic E-state index is 5.33. The molecule has 45 heavy (non-hydrogen) atoms. The molecule has 4 heterocycles. The molecule has 0 amide bonds. The summed E-state index contributed by atoms with van der Waals surface area (Å²) in [6, 6.07) is 47.1. The highest BCUT2D eigenvalue weighted by molar-refractivity contribution is 6.28. The molecule has 4 heteroatoms. The summed E-state index contributed by atoms with van der Waals surface area (Å²) in [6.45, 7) is 8.25. The van der Waals surface area contributed by atoms with Crippen LogP contribution in [0, 0.1) is 0 Å². The summed E-state index contributed by atoms with van der Waals surface area (Å²) in [6.07, 6.45) is 3.80. The maximum Gasteiger partial charge on any atom is 0.140 e. The van der Waals surface area contributed by atoms with Crippen molar-refractivity contribution in [3.05, 3.63) is 158 Å². The lowest BCUT2D eigenvalue weighted by Gasteiger charge is -2.12. The molecular formula is C41H28N4. The van der Waals surface area contributed by atoms with E-state index in [1.165, 1.54) is 32.6 Å². The van der Waals surface area contributed by atoms with Crippen LogP contribution in [-0.4, -0.2) is 18.7 Å². The van der Waals surface area contributed by atoms with Crippen molar-refractivity contribution in [2.24, 2.45) is 0 Å². The Hall–Kier alpha value is -6.13. The van der Waals surface area contributed by atoms with Gasteiger partial charge in [-0.2, -0.15) is 0 Å². The molecule has 0 atom stereocenters. The van der Waals surface area contributed by atoms with Crippen molar-refractivity contribution in [1.82, 2.24) is 18.7 Å². The summed E-state index contributed by atoms with van der Waals surface area (Å²) >= 11 is 0. The third-order valence-corrected chi connectivity index (χ3v) is 9.01. The highest BCUT2D eigenvalue weighted by atomic mass is 15.1. The Morgan fingerprint density at radius 3 is 1.56 bits per heavy atom. The summed E-state index contributed by atoms with van der Waals surface area (Å²) in [5.41, 5.74) is 8.88. The molecule has 5 aromatic carbocycles. The third kappa shape index (κ3) is 3.51. The van der Waals surface area contributed by atoms with Gasteiger partial charge in [0.2, 0.25) is 0 Å². The number of hydrogen-bond donors (Lipinski definition) is 0. The van der Waals surface area contributed by atoms with Crippen LogP contribution in [0.5, 0.6) is 0 Å². The molecule has 4 nitrogen and oxygen atoms in total. The van der Waals surface area contributed by atoms with E-state index in [0.29, 0.717) is 0 Å². The molecule has 0 spiro atoms. The molecule has 9 rings (SSSR count). The van der Waals surface area contributed by atoms with Gasteiger partial charge in [-0.25, -0.2) is 4.98 Å². The summed E-state index contributed by atoms with van der Waals surface area (Å²) in [5, 5.41) is 6.04. The summed E-state index contributed by atoms with van der Waals surface area (Å²) in [7, 11) is 0. The van der Waals surface area contributed by atoms with E-state index in [1.54, 1.807) is 0 Å². The molecule has 4 aromatic heterocycles. The van der Waals surface area contributed by atoms with E-state index in [2.05, 4.69) is 160 Å². The molecule has 0 bridgehead atoms. The number of pyridine rings is 1. The van der Waals surface area contributed by atoms with Gasteiger partial charge in [0.05, 0.1) is 33.3 Å². The lowest BCUT2D eigenvalue weighted by atomic mass is 10.1. The van der Waals surface area contributed by atoms with Crippen LogP contribution >= 0.6 is 0 Å². The first-order valence-electron chi connectivity index (χ1n) is 15.2. The minimum absolute atomic E-state index is 0.833. The molecule has 212 valence electrons. The van der Waals surface area contributed by atoms with Gasteiger partial charge in [0, 0.05) is 38.2 Å². The molecule has 0 N–H and O–H groups in total. The molecule has 0 saturated carbocycles. The van der Waals surface area contributed by atoms with Gasteiger partial charge in [0.15, 0.2) is 0 Å². The van der Waals surface area contributed by atoms with Crippen molar-refractivity contribution >= 4 is 66.7 Å². The number of aromatic nitrogens is 4. The van der Waals surface area contributed by atoms with E-state index < -0.39 is 0 Å². The van der Waals surface area contributed by atoms with Crippen molar-refractivity contribution in [3.63, 3.8) is 0 Å². The molecule has 0 aliphatic rings. The normalized spacial score (nSPS) is 11.7. The second-order valence-corrected chi connectivity index (χ2v) is 11.3. The first kappa shape index (κ1) is 25.4. The van der Waals surface area contributed by atoms with E-state index >= 15 is 0 Å². The molecular weight excluding hydrogens is 548 g/mol. The van der Waals surface area contributed by atoms with E-state index in [4.69, 9.17) is 4.98 Å². The summed E-state index contributed by atoms with van der Waals surface area (Å²) in [4.78, 5) is 5.33. The van der Waals surface area contributed by atoms with Crippen molar-refractivity contribution in [2.45, 2.75) is 0 Å². The highest BCUT2D eigenvalue weighted by Gasteiger charge is 2.21. The lowest BCUT2D eigenvalue weighted by Crippen LogP contribution is -2.04. The molecule has 0 saturated heterocycles. The largest absolute Gasteiger partial charge is 0.309 e. The fourth-order valence-corrected chi connectivity index (χ4v) is 7.23. The van der Waals surface area contributed by atoms with Crippen LogP contribution in [0.3, 0.4) is 0 Å². The first-order chi connectivity index (χ1) is 22.3. The fourth-order valence-electron chi connectivity index (χ4n) is 7.23. The predicted octanol–water partition coefficient (Wildman–Crippen LogP) is 10.5. The monoisotopic (exact) mass is 576 g/mol. The Bertz CT molecular complexity index is 2630. The minimum atomic E-state index is 0.833. The van der Waals surface area contributed by atoms with Crippen LogP contribution < -0.4 is 0 Å². The molecule has 0 radical (unpaired) electrons. The van der Waals surface area contributed by atoms with Crippen molar-refractivity contribution in [2.75, 3.05) is 0 Å². The quantitative estimate of drug-likeness (QED) is 0.200. The zero-order valence-corrected chi connectivity index (χ0v) is 24.6. The van der Waals surface area contributed by atoms with Gasteiger partial charge >= 0.3 is 0 Å². The van der Waals surface area contributed by atoms with Crippen LogP contribution in [0.25, 0.3) is 84.0 Å². The van der Waals surface area contributed by atoms with E-state index in [1.807, 2.05) is 12.2 Å². The summed E-state index contributed by atoms with van der Waals surface area (Å²) < 4.78 is 6.86. The predicted molar refractivity (Wildman–Crippen MR) is 190 cm³/mol. The van der Waals surface area contributed by atoms with Crippen LogP contribution in [-0.2, 0) is 0 Å². The molecule has 0 aliphatic carbocycles. The Morgan fingerprint density at radius 1 is 0.422 bits per heavy atom. The molecule has 9 aromatic rings. The number of hydrogen-bond acceptors (Lipinski definition) is 1.